The molecular formula is C21H18FN3O3. The van der Waals surface area contributed by atoms with Crippen LogP contribution in [0.3, 0.4) is 0 Å². The van der Waals surface area contributed by atoms with E-state index in [0.717, 1.165) is 11.4 Å². The van der Waals surface area contributed by atoms with Gasteiger partial charge in [0.25, 0.3) is 5.91 Å². The lowest BCUT2D eigenvalue weighted by Crippen LogP contribution is -2.26. The monoisotopic (exact) mass is 379 g/mol. The van der Waals surface area contributed by atoms with E-state index in [2.05, 4.69) is 15.6 Å². The van der Waals surface area contributed by atoms with Crippen LogP contribution < -0.4 is 20.1 Å². The zero-order valence-corrected chi connectivity index (χ0v) is 14.9. The van der Waals surface area contributed by atoms with Gasteiger partial charge >= 0.3 is 0 Å². The fourth-order valence-electron chi connectivity index (χ4n) is 2.85. The number of fused-ring (bicyclic) bond motifs is 1. The number of nitrogens with zero attached hydrogens (tertiary/aromatic N) is 1. The SMILES string of the molecule is O=C(NCCc1ccccc1F)c1ccc(Nc2ccc3c(c2)OCO3)cn1. The maximum Gasteiger partial charge on any atom is 0.269 e. The van der Waals surface area contributed by atoms with Crippen molar-refractivity contribution in [1.29, 1.82) is 0 Å². The molecular weight excluding hydrogens is 361 g/mol. The van der Waals surface area contributed by atoms with E-state index >= 15 is 0 Å². The highest BCUT2D eigenvalue weighted by atomic mass is 19.1. The number of amides is 1. The summed E-state index contributed by atoms with van der Waals surface area (Å²) in [5, 5.41) is 5.95. The molecule has 1 aromatic heterocycles. The molecule has 0 bridgehead atoms. The van der Waals surface area contributed by atoms with Gasteiger partial charge in [0.1, 0.15) is 11.5 Å². The summed E-state index contributed by atoms with van der Waals surface area (Å²) in [6.07, 6.45) is 2.00. The Balaban J connectivity index is 1.32. The summed E-state index contributed by atoms with van der Waals surface area (Å²) in [6, 6.07) is 15.5. The lowest BCUT2D eigenvalue weighted by molar-refractivity contribution is 0.0949. The minimum atomic E-state index is -0.300. The summed E-state index contributed by atoms with van der Waals surface area (Å²) >= 11 is 0. The molecule has 0 aliphatic carbocycles. The average molecular weight is 379 g/mol. The molecule has 0 unspecified atom stereocenters. The van der Waals surface area contributed by atoms with E-state index in [1.165, 1.54) is 6.07 Å². The van der Waals surface area contributed by atoms with Crippen molar-refractivity contribution in [2.24, 2.45) is 0 Å². The molecule has 142 valence electrons. The standard InChI is InChI=1S/C21H18FN3O3/c22-17-4-2-1-3-14(17)9-10-23-21(26)18-7-5-16(12-24-18)25-15-6-8-19-20(11-15)28-13-27-19/h1-8,11-12,25H,9-10,13H2,(H,23,26). The van der Waals surface area contributed by atoms with Crippen molar-refractivity contribution in [3.8, 4) is 11.5 Å². The summed E-state index contributed by atoms with van der Waals surface area (Å²) in [5.41, 5.74) is 2.43. The highest BCUT2D eigenvalue weighted by molar-refractivity contribution is 5.92. The molecule has 0 saturated heterocycles. The molecule has 1 aliphatic heterocycles. The van der Waals surface area contributed by atoms with Crippen LogP contribution in [0.2, 0.25) is 0 Å². The third-order valence-electron chi connectivity index (χ3n) is 4.30. The molecule has 3 aromatic rings. The van der Waals surface area contributed by atoms with E-state index in [-0.39, 0.29) is 18.5 Å². The largest absolute Gasteiger partial charge is 0.454 e. The highest BCUT2D eigenvalue weighted by Crippen LogP contribution is 2.35. The minimum Gasteiger partial charge on any atom is -0.454 e. The number of hydrogen-bond acceptors (Lipinski definition) is 5. The molecule has 28 heavy (non-hydrogen) atoms. The Kier molecular flexibility index (Phi) is 5.05. The van der Waals surface area contributed by atoms with Crippen LogP contribution in [0.5, 0.6) is 11.5 Å². The Bertz CT molecular complexity index is 992. The maximum absolute atomic E-state index is 13.6. The molecule has 0 radical (unpaired) electrons. The van der Waals surface area contributed by atoms with Crippen molar-refractivity contribution in [2.75, 3.05) is 18.7 Å². The van der Waals surface area contributed by atoms with E-state index in [1.54, 1.807) is 36.5 Å². The van der Waals surface area contributed by atoms with Gasteiger partial charge in [0.15, 0.2) is 11.5 Å². The van der Waals surface area contributed by atoms with E-state index in [9.17, 15) is 9.18 Å². The number of rotatable bonds is 6. The molecule has 2 N–H and O–H groups in total. The highest BCUT2D eigenvalue weighted by Gasteiger charge is 2.13. The molecule has 0 spiro atoms. The quantitative estimate of drug-likeness (QED) is 0.684. The summed E-state index contributed by atoms with van der Waals surface area (Å²) < 4.78 is 24.2. The summed E-state index contributed by atoms with van der Waals surface area (Å²) in [6.45, 7) is 0.555. The summed E-state index contributed by atoms with van der Waals surface area (Å²) in [5.74, 6) is 0.828. The van der Waals surface area contributed by atoms with Gasteiger partial charge in [0, 0.05) is 18.3 Å². The van der Waals surface area contributed by atoms with Gasteiger partial charge in [-0.1, -0.05) is 18.2 Å². The number of ether oxygens (including phenoxy) is 2. The fourth-order valence-corrected chi connectivity index (χ4v) is 2.85. The van der Waals surface area contributed by atoms with Gasteiger partial charge in [0.2, 0.25) is 6.79 Å². The molecule has 0 saturated carbocycles. The molecule has 6 nitrogen and oxygen atoms in total. The number of benzene rings is 2. The van der Waals surface area contributed by atoms with Crippen molar-refractivity contribution < 1.29 is 18.7 Å². The topological polar surface area (TPSA) is 72.5 Å². The first-order valence-electron chi connectivity index (χ1n) is 8.83. The molecule has 4 rings (SSSR count). The smallest absolute Gasteiger partial charge is 0.269 e. The Morgan fingerprint density at radius 1 is 1.04 bits per heavy atom. The Morgan fingerprint density at radius 3 is 2.68 bits per heavy atom. The first kappa shape index (κ1) is 17.8. The summed E-state index contributed by atoms with van der Waals surface area (Å²) in [7, 11) is 0. The van der Waals surface area contributed by atoms with Gasteiger partial charge in [-0.2, -0.15) is 0 Å². The number of anilines is 2. The molecule has 0 atom stereocenters. The number of carbonyl (C=O) groups is 1. The predicted molar refractivity (Wildman–Crippen MR) is 103 cm³/mol. The van der Waals surface area contributed by atoms with Gasteiger partial charge in [-0.15, -0.1) is 0 Å². The predicted octanol–water partition coefficient (Wildman–Crippen LogP) is 3.67. The second-order valence-electron chi connectivity index (χ2n) is 6.22. The Labute approximate surface area is 161 Å². The molecule has 1 aliphatic rings. The van der Waals surface area contributed by atoms with Crippen LogP contribution in [0, 0.1) is 5.82 Å². The van der Waals surface area contributed by atoms with Gasteiger partial charge in [-0.25, -0.2) is 9.37 Å². The second-order valence-corrected chi connectivity index (χ2v) is 6.22. The van der Waals surface area contributed by atoms with Crippen LogP contribution in [0.25, 0.3) is 0 Å². The Hall–Kier alpha value is -3.61. The number of pyridine rings is 1. The number of hydrogen-bond donors (Lipinski definition) is 2. The van der Waals surface area contributed by atoms with E-state index < -0.39 is 0 Å². The van der Waals surface area contributed by atoms with Crippen LogP contribution in [0.1, 0.15) is 16.1 Å². The normalized spacial score (nSPS) is 11.9. The van der Waals surface area contributed by atoms with Gasteiger partial charge < -0.3 is 20.1 Å². The maximum atomic E-state index is 13.6. The van der Waals surface area contributed by atoms with Crippen molar-refractivity contribution in [3.05, 3.63) is 77.9 Å². The lowest BCUT2D eigenvalue weighted by atomic mass is 10.1. The van der Waals surface area contributed by atoms with E-state index in [4.69, 9.17) is 9.47 Å². The van der Waals surface area contributed by atoms with Crippen LogP contribution in [-0.4, -0.2) is 24.2 Å². The first-order chi connectivity index (χ1) is 13.7. The number of aromatic nitrogens is 1. The molecule has 1 amide bonds. The lowest BCUT2D eigenvalue weighted by Gasteiger charge is -2.08. The average Bonchev–Trinajstić information content (AvgIpc) is 3.18. The number of nitrogens with one attached hydrogen (secondary N) is 2. The Morgan fingerprint density at radius 2 is 1.86 bits per heavy atom. The van der Waals surface area contributed by atoms with Crippen LogP contribution in [0.4, 0.5) is 15.8 Å². The third kappa shape index (κ3) is 4.03. The van der Waals surface area contributed by atoms with E-state index in [1.807, 2.05) is 18.2 Å². The summed E-state index contributed by atoms with van der Waals surface area (Å²) in [4.78, 5) is 16.4. The van der Waals surface area contributed by atoms with Gasteiger partial charge in [-0.05, 0) is 42.3 Å². The zero-order valence-electron chi connectivity index (χ0n) is 14.9. The second kappa shape index (κ2) is 7.96. The molecule has 0 fully saturated rings. The molecule has 2 aromatic carbocycles. The van der Waals surface area contributed by atoms with Crippen molar-refractivity contribution in [2.45, 2.75) is 6.42 Å². The number of halogens is 1. The van der Waals surface area contributed by atoms with Crippen LogP contribution in [-0.2, 0) is 6.42 Å². The fraction of sp³-hybridized carbons (Fsp3) is 0.143. The van der Waals surface area contributed by atoms with Gasteiger partial charge in [0.05, 0.1) is 11.9 Å². The van der Waals surface area contributed by atoms with Crippen LogP contribution in [0.15, 0.2) is 60.8 Å². The van der Waals surface area contributed by atoms with Crippen LogP contribution >= 0.6 is 0 Å². The molecule has 2 heterocycles. The van der Waals surface area contributed by atoms with Crippen molar-refractivity contribution >= 4 is 17.3 Å². The third-order valence-corrected chi connectivity index (χ3v) is 4.30. The van der Waals surface area contributed by atoms with E-state index in [0.29, 0.717) is 35.7 Å². The van der Waals surface area contributed by atoms with Crippen molar-refractivity contribution in [3.63, 3.8) is 0 Å². The number of carbonyl (C=O) groups excluding carboxylic acids is 1. The first-order valence-corrected chi connectivity index (χ1v) is 8.83. The molecule has 7 heteroatoms. The zero-order chi connectivity index (χ0) is 19.3. The van der Waals surface area contributed by atoms with Crippen molar-refractivity contribution in [1.82, 2.24) is 10.3 Å². The van der Waals surface area contributed by atoms with Gasteiger partial charge in [-0.3, -0.25) is 4.79 Å². The minimum absolute atomic E-state index is 0.223.